The summed E-state index contributed by atoms with van der Waals surface area (Å²) in [6.07, 6.45) is 11.7. The van der Waals surface area contributed by atoms with E-state index in [-0.39, 0.29) is 0 Å². The number of hydrogen-bond donors (Lipinski definition) is 0. The smallest absolute Gasteiger partial charge is 0.0278 e. The van der Waals surface area contributed by atoms with Gasteiger partial charge in [-0.05, 0) is 44.6 Å². The lowest BCUT2D eigenvalue weighted by molar-refractivity contribution is 0.143. The van der Waals surface area contributed by atoms with Gasteiger partial charge in [-0.25, -0.2) is 0 Å². The van der Waals surface area contributed by atoms with E-state index in [0.29, 0.717) is 0 Å². The summed E-state index contributed by atoms with van der Waals surface area (Å²) in [6.45, 7) is 5.05. The largest absolute Gasteiger partial charge is 0.297 e. The van der Waals surface area contributed by atoms with E-state index in [0.717, 1.165) is 12.0 Å². The van der Waals surface area contributed by atoms with Crippen molar-refractivity contribution in [2.24, 2.45) is 5.92 Å². The normalized spacial score (nSPS) is 36.4. The van der Waals surface area contributed by atoms with Gasteiger partial charge in [0.05, 0.1) is 0 Å². The molecule has 1 heterocycles. The maximum atomic E-state index is 2.68. The van der Waals surface area contributed by atoms with Crippen molar-refractivity contribution in [3.63, 3.8) is 0 Å². The average Bonchev–Trinajstić information content (AvgIpc) is 2.19. The summed E-state index contributed by atoms with van der Waals surface area (Å²) in [5, 5.41) is 0. The van der Waals surface area contributed by atoms with E-state index in [2.05, 4.69) is 24.0 Å². The lowest BCUT2D eigenvalue weighted by atomic mass is 9.95. The first kappa shape index (κ1) is 9.26. The van der Waals surface area contributed by atoms with Gasteiger partial charge in [-0.3, -0.25) is 4.90 Å². The van der Waals surface area contributed by atoms with E-state index < -0.39 is 0 Å². The highest BCUT2D eigenvalue weighted by atomic mass is 15.2. The van der Waals surface area contributed by atoms with Crippen molar-refractivity contribution in [2.75, 3.05) is 13.1 Å². The zero-order valence-corrected chi connectivity index (χ0v) is 8.71. The minimum absolute atomic E-state index is 0.775. The fraction of sp³-hybridized carbons (Fsp3) is 0.833. The van der Waals surface area contributed by atoms with Crippen LogP contribution in [-0.4, -0.2) is 24.0 Å². The zero-order chi connectivity index (χ0) is 9.10. The molecular formula is C12H21N. The molecule has 13 heavy (non-hydrogen) atoms. The van der Waals surface area contributed by atoms with Crippen LogP contribution in [0.15, 0.2) is 12.2 Å². The van der Waals surface area contributed by atoms with Crippen molar-refractivity contribution >= 4 is 0 Å². The van der Waals surface area contributed by atoms with Gasteiger partial charge in [-0.15, -0.1) is 0 Å². The molecule has 0 bridgehead atoms. The van der Waals surface area contributed by atoms with Gasteiger partial charge in [-0.1, -0.05) is 19.1 Å². The average molecular weight is 179 g/mol. The van der Waals surface area contributed by atoms with Crippen molar-refractivity contribution in [2.45, 2.75) is 45.1 Å². The monoisotopic (exact) mass is 179 g/mol. The molecule has 1 aliphatic heterocycles. The molecule has 1 aliphatic carbocycles. The predicted octanol–water partition coefficient (Wildman–Crippen LogP) is 2.83. The van der Waals surface area contributed by atoms with Crippen LogP contribution in [0.1, 0.15) is 39.0 Å². The first-order valence-corrected chi connectivity index (χ1v) is 5.77. The molecule has 0 aromatic heterocycles. The van der Waals surface area contributed by atoms with Crippen LogP contribution >= 0.6 is 0 Å². The van der Waals surface area contributed by atoms with Gasteiger partial charge in [0.1, 0.15) is 0 Å². The molecule has 74 valence electrons. The molecular weight excluding hydrogens is 158 g/mol. The van der Waals surface area contributed by atoms with Gasteiger partial charge in [-0.2, -0.15) is 0 Å². The molecule has 1 nitrogen and oxygen atoms in total. The number of allylic oxidation sites excluding steroid dienone is 1. The van der Waals surface area contributed by atoms with Crippen LogP contribution in [0.3, 0.4) is 0 Å². The molecule has 2 unspecified atom stereocenters. The maximum Gasteiger partial charge on any atom is 0.0278 e. The fourth-order valence-corrected chi connectivity index (χ4v) is 2.63. The Morgan fingerprint density at radius 3 is 2.85 bits per heavy atom. The summed E-state index contributed by atoms with van der Waals surface area (Å²) in [5.41, 5.74) is 0. The quantitative estimate of drug-likeness (QED) is 0.559. The summed E-state index contributed by atoms with van der Waals surface area (Å²) >= 11 is 0. The number of piperidine rings is 1. The van der Waals surface area contributed by atoms with E-state index in [9.17, 15) is 0 Å². The Bertz CT molecular complexity index is 186. The zero-order valence-electron chi connectivity index (χ0n) is 8.71. The molecule has 0 N–H and O–H groups in total. The fourth-order valence-electron chi connectivity index (χ4n) is 2.63. The highest BCUT2D eigenvalue weighted by Crippen LogP contribution is 2.22. The summed E-state index contributed by atoms with van der Waals surface area (Å²) < 4.78 is 0. The van der Waals surface area contributed by atoms with Crippen molar-refractivity contribution in [1.82, 2.24) is 4.90 Å². The molecule has 1 saturated heterocycles. The van der Waals surface area contributed by atoms with Gasteiger partial charge in [0, 0.05) is 12.6 Å². The standard InChI is InChI=1S/C12H21N/c1-11-6-5-9-13(10-11)12-7-3-2-4-8-12/h3,7,11-12H,2,4-6,8-10H2,1H3. The highest BCUT2D eigenvalue weighted by molar-refractivity contribution is 4.99. The Morgan fingerprint density at radius 1 is 1.23 bits per heavy atom. The van der Waals surface area contributed by atoms with Crippen LogP contribution in [0.25, 0.3) is 0 Å². The number of rotatable bonds is 1. The molecule has 0 aromatic rings. The third-order valence-corrected chi connectivity index (χ3v) is 3.39. The lowest BCUT2D eigenvalue weighted by Crippen LogP contribution is -2.41. The SMILES string of the molecule is CC1CCCN(C2C=CCCC2)C1. The summed E-state index contributed by atoms with van der Waals surface area (Å²) in [5.74, 6) is 0.920. The van der Waals surface area contributed by atoms with Crippen molar-refractivity contribution in [3.8, 4) is 0 Å². The van der Waals surface area contributed by atoms with Crippen LogP contribution in [0.4, 0.5) is 0 Å². The first-order valence-electron chi connectivity index (χ1n) is 5.77. The van der Waals surface area contributed by atoms with E-state index >= 15 is 0 Å². The third kappa shape index (κ3) is 2.34. The van der Waals surface area contributed by atoms with Crippen molar-refractivity contribution in [3.05, 3.63) is 12.2 Å². The van der Waals surface area contributed by atoms with Gasteiger partial charge in [0.25, 0.3) is 0 Å². The molecule has 0 saturated carbocycles. The molecule has 2 atom stereocenters. The number of hydrogen-bond acceptors (Lipinski definition) is 1. The molecule has 0 amide bonds. The number of likely N-dealkylation sites (tertiary alicyclic amines) is 1. The highest BCUT2D eigenvalue weighted by Gasteiger charge is 2.22. The van der Waals surface area contributed by atoms with E-state index in [1.54, 1.807) is 0 Å². The lowest BCUT2D eigenvalue weighted by Gasteiger charge is -2.37. The van der Waals surface area contributed by atoms with Crippen LogP contribution in [0.5, 0.6) is 0 Å². The van der Waals surface area contributed by atoms with Gasteiger partial charge < -0.3 is 0 Å². The van der Waals surface area contributed by atoms with E-state index in [4.69, 9.17) is 0 Å². The van der Waals surface area contributed by atoms with Crippen molar-refractivity contribution in [1.29, 1.82) is 0 Å². The topological polar surface area (TPSA) is 3.24 Å². The Hall–Kier alpha value is -0.300. The maximum absolute atomic E-state index is 2.68. The molecule has 2 aliphatic rings. The Labute approximate surface area is 81.8 Å². The minimum atomic E-state index is 0.775. The van der Waals surface area contributed by atoms with E-state index in [1.807, 2.05) is 0 Å². The van der Waals surface area contributed by atoms with Crippen LogP contribution in [-0.2, 0) is 0 Å². The second-order valence-electron chi connectivity index (χ2n) is 4.67. The number of nitrogens with zero attached hydrogens (tertiary/aromatic N) is 1. The predicted molar refractivity (Wildman–Crippen MR) is 56.8 cm³/mol. The van der Waals surface area contributed by atoms with Crippen LogP contribution < -0.4 is 0 Å². The summed E-state index contributed by atoms with van der Waals surface area (Å²) in [7, 11) is 0. The summed E-state index contributed by atoms with van der Waals surface area (Å²) in [4.78, 5) is 2.68. The Kier molecular flexibility index (Phi) is 3.05. The van der Waals surface area contributed by atoms with Gasteiger partial charge >= 0.3 is 0 Å². The van der Waals surface area contributed by atoms with Gasteiger partial charge in [0.15, 0.2) is 0 Å². The van der Waals surface area contributed by atoms with E-state index in [1.165, 1.54) is 45.2 Å². The Balaban J connectivity index is 1.91. The van der Waals surface area contributed by atoms with Crippen LogP contribution in [0, 0.1) is 5.92 Å². The second-order valence-corrected chi connectivity index (χ2v) is 4.67. The first-order chi connectivity index (χ1) is 6.36. The molecule has 2 rings (SSSR count). The molecule has 1 fully saturated rings. The second kappa shape index (κ2) is 4.28. The van der Waals surface area contributed by atoms with Crippen LogP contribution in [0.2, 0.25) is 0 Å². The Morgan fingerprint density at radius 2 is 2.15 bits per heavy atom. The minimum Gasteiger partial charge on any atom is -0.297 e. The van der Waals surface area contributed by atoms with Gasteiger partial charge in [0.2, 0.25) is 0 Å². The molecule has 0 aromatic carbocycles. The molecule has 0 spiro atoms. The molecule has 0 radical (unpaired) electrons. The third-order valence-electron chi connectivity index (χ3n) is 3.39. The summed E-state index contributed by atoms with van der Waals surface area (Å²) in [6, 6.07) is 0.775. The molecule has 1 heteroatoms. The van der Waals surface area contributed by atoms with Crippen molar-refractivity contribution < 1.29 is 0 Å².